The predicted octanol–water partition coefficient (Wildman–Crippen LogP) is 3.85. The number of rotatable bonds is 6. The zero-order chi connectivity index (χ0) is 16.8. The van der Waals surface area contributed by atoms with Gasteiger partial charge in [0.2, 0.25) is 11.8 Å². The van der Waals surface area contributed by atoms with E-state index >= 15 is 0 Å². The molecule has 5 nitrogen and oxygen atoms in total. The van der Waals surface area contributed by atoms with Crippen molar-refractivity contribution in [2.75, 3.05) is 20.8 Å². The third-order valence-corrected chi connectivity index (χ3v) is 4.68. The second-order valence-electron chi connectivity index (χ2n) is 6.10. The lowest BCUT2D eigenvalue weighted by Crippen LogP contribution is -2.24. The van der Waals surface area contributed by atoms with Gasteiger partial charge in [-0.15, -0.1) is 0 Å². The van der Waals surface area contributed by atoms with Crippen LogP contribution in [0.1, 0.15) is 37.2 Å². The molecule has 0 aromatic carbocycles. The summed E-state index contributed by atoms with van der Waals surface area (Å²) in [4.78, 5) is 8.55. The van der Waals surface area contributed by atoms with Crippen molar-refractivity contribution in [3.63, 3.8) is 0 Å². The molecule has 1 saturated carbocycles. The molecule has 128 valence electrons. The normalized spacial score (nSPS) is 20.4. The van der Waals surface area contributed by atoms with Gasteiger partial charge in [-0.25, -0.2) is 9.97 Å². The minimum Gasteiger partial charge on any atom is -0.492 e. The molecule has 2 aromatic rings. The summed E-state index contributed by atoms with van der Waals surface area (Å²) in [6.45, 7) is 0.677. The molecule has 2 aromatic heterocycles. The number of nitrogens with zero attached hydrogens (tertiary/aromatic N) is 2. The zero-order valence-corrected chi connectivity index (χ0v) is 14.3. The van der Waals surface area contributed by atoms with Crippen molar-refractivity contribution in [2.45, 2.75) is 31.6 Å². The van der Waals surface area contributed by atoms with Gasteiger partial charge in [-0.1, -0.05) is 18.9 Å². The maximum Gasteiger partial charge on any atom is 0.216 e. The summed E-state index contributed by atoms with van der Waals surface area (Å²) < 4.78 is 16.5. The standard InChI is InChI=1S/C19H24N2O3/c1-22-18-10-9-15(12-21-18)24-13-14-6-3-4-7-16(14)17-8-5-11-20-19(17)23-2/h5,8-12,14,16H,3-4,6-7,13H2,1-2H3. The summed E-state index contributed by atoms with van der Waals surface area (Å²) in [6, 6.07) is 7.83. The highest BCUT2D eigenvalue weighted by Crippen LogP contribution is 2.40. The molecule has 0 spiro atoms. The Hall–Kier alpha value is -2.30. The van der Waals surface area contributed by atoms with Crippen LogP contribution >= 0.6 is 0 Å². The molecule has 0 amide bonds. The van der Waals surface area contributed by atoms with Crippen LogP contribution in [-0.4, -0.2) is 30.8 Å². The van der Waals surface area contributed by atoms with Gasteiger partial charge < -0.3 is 14.2 Å². The van der Waals surface area contributed by atoms with Crippen molar-refractivity contribution < 1.29 is 14.2 Å². The fraction of sp³-hybridized carbons (Fsp3) is 0.474. The number of methoxy groups -OCH3 is 2. The first-order valence-electron chi connectivity index (χ1n) is 8.43. The largest absolute Gasteiger partial charge is 0.492 e. The Morgan fingerprint density at radius 3 is 2.67 bits per heavy atom. The summed E-state index contributed by atoms with van der Waals surface area (Å²) in [5.74, 6) is 2.99. The van der Waals surface area contributed by atoms with E-state index in [9.17, 15) is 0 Å². The van der Waals surface area contributed by atoms with E-state index in [1.54, 1.807) is 26.6 Å². The first-order chi connectivity index (χ1) is 11.8. The lowest BCUT2D eigenvalue weighted by Gasteiger charge is -2.32. The van der Waals surface area contributed by atoms with Crippen molar-refractivity contribution in [1.82, 2.24) is 9.97 Å². The summed E-state index contributed by atoms with van der Waals surface area (Å²) in [5, 5.41) is 0. The third-order valence-electron chi connectivity index (χ3n) is 4.68. The van der Waals surface area contributed by atoms with Crippen molar-refractivity contribution in [3.8, 4) is 17.5 Å². The van der Waals surface area contributed by atoms with Crippen LogP contribution in [0.15, 0.2) is 36.7 Å². The van der Waals surface area contributed by atoms with Gasteiger partial charge in [0.05, 0.1) is 27.0 Å². The van der Waals surface area contributed by atoms with Crippen LogP contribution in [0.3, 0.4) is 0 Å². The van der Waals surface area contributed by atoms with E-state index in [1.807, 2.05) is 18.2 Å². The molecule has 1 aliphatic carbocycles. The molecule has 0 N–H and O–H groups in total. The predicted molar refractivity (Wildman–Crippen MR) is 91.8 cm³/mol. The highest BCUT2D eigenvalue weighted by atomic mass is 16.5. The minimum atomic E-state index is 0.425. The molecule has 0 saturated heterocycles. The maximum atomic E-state index is 5.99. The SMILES string of the molecule is COc1ccc(OCC2CCCCC2c2cccnc2OC)cn1. The molecular weight excluding hydrogens is 304 g/mol. The monoisotopic (exact) mass is 328 g/mol. The summed E-state index contributed by atoms with van der Waals surface area (Å²) in [6.07, 6.45) is 8.28. The minimum absolute atomic E-state index is 0.425. The molecule has 1 aliphatic rings. The van der Waals surface area contributed by atoms with E-state index in [-0.39, 0.29) is 0 Å². The molecule has 0 aliphatic heterocycles. The van der Waals surface area contributed by atoms with Gasteiger partial charge in [-0.2, -0.15) is 0 Å². The summed E-state index contributed by atoms with van der Waals surface area (Å²) in [5.41, 5.74) is 1.20. The zero-order valence-electron chi connectivity index (χ0n) is 14.3. The van der Waals surface area contributed by atoms with Crippen molar-refractivity contribution in [2.24, 2.45) is 5.92 Å². The van der Waals surface area contributed by atoms with Crippen molar-refractivity contribution in [1.29, 1.82) is 0 Å². The molecule has 24 heavy (non-hydrogen) atoms. The first kappa shape index (κ1) is 16.6. The Labute approximate surface area is 143 Å². The number of pyridine rings is 2. The fourth-order valence-electron chi connectivity index (χ4n) is 3.45. The lowest BCUT2D eigenvalue weighted by molar-refractivity contribution is 0.183. The second-order valence-corrected chi connectivity index (χ2v) is 6.10. The van der Waals surface area contributed by atoms with Crippen LogP contribution in [0, 0.1) is 5.92 Å². The van der Waals surface area contributed by atoms with Crippen molar-refractivity contribution in [3.05, 3.63) is 42.2 Å². The van der Waals surface area contributed by atoms with Crippen LogP contribution < -0.4 is 14.2 Å². The van der Waals surface area contributed by atoms with Gasteiger partial charge >= 0.3 is 0 Å². The molecular formula is C19H24N2O3. The van der Waals surface area contributed by atoms with Crippen LogP contribution in [0.4, 0.5) is 0 Å². The van der Waals surface area contributed by atoms with E-state index in [0.717, 1.165) is 24.5 Å². The van der Waals surface area contributed by atoms with Gasteiger partial charge in [0.1, 0.15) is 5.75 Å². The Kier molecular flexibility index (Phi) is 5.51. The molecule has 0 radical (unpaired) electrons. The van der Waals surface area contributed by atoms with Gasteiger partial charge in [0, 0.05) is 23.7 Å². The molecule has 3 rings (SSSR count). The van der Waals surface area contributed by atoms with E-state index in [2.05, 4.69) is 16.0 Å². The molecule has 0 bridgehead atoms. The summed E-state index contributed by atoms with van der Waals surface area (Å²) in [7, 11) is 3.29. The Morgan fingerprint density at radius 1 is 1.04 bits per heavy atom. The lowest BCUT2D eigenvalue weighted by atomic mass is 9.76. The van der Waals surface area contributed by atoms with Gasteiger partial charge in [0.15, 0.2) is 0 Å². The quantitative estimate of drug-likeness (QED) is 0.806. The van der Waals surface area contributed by atoms with Crippen LogP contribution in [0.5, 0.6) is 17.5 Å². The number of aromatic nitrogens is 2. The molecule has 2 atom stereocenters. The highest BCUT2D eigenvalue weighted by Gasteiger charge is 2.29. The Balaban J connectivity index is 1.70. The molecule has 5 heteroatoms. The van der Waals surface area contributed by atoms with Crippen LogP contribution in [-0.2, 0) is 0 Å². The van der Waals surface area contributed by atoms with E-state index in [1.165, 1.54) is 18.4 Å². The van der Waals surface area contributed by atoms with E-state index in [4.69, 9.17) is 14.2 Å². The molecule has 2 heterocycles. The smallest absolute Gasteiger partial charge is 0.216 e. The van der Waals surface area contributed by atoms with Gasteiger partial charge in [0.25, 0.3) is 0 Å². The van der Waals surface area contributed by atoms with E-state index in [0.29, 0.717) is 24.3 Å². The topological polar surface area (TPSA) is 53.5 Å². The average Bonchev–Trinajstić information content (AvgIpc) is 2.67. The Bertz CT molecular complexity index is 645. The van der Waals surface area contributed by atoms with Crippen LogP contribution in [0.25, 0.3) is 0 Å². The summed E-state index contributed by atoms with van der Waals surface area (Å²) >= 11 is 0. The first-order valence-corrected chi connectivity index (χ1v) is 8.43. The Morgan fingerprint density at radius 2 is 1.92 bits per heavy atom. The fourth-order valence-corrected chi connectivity index (χ4v) is 3.45. The van der Waals surface area contributed by atoms with Gasteiger partial charge in [-0.05, 0) is 30.9 Å². The van der Waals surface area contributed by atoms with E-state index < -0.39 is 0 Å². The van der Waals surface area contributed by atoms with Crippen LogP contribution in [0.2, 0.25) is 0 Å². The molecule has 2 unspecified atom stereocenters. The average molecular weight is 328 g/mol. The number of ether oxygens (including phenoxy) is 3. The highest BCUT2D eigenvalue weighted by molar-refractivity contribution is 5.30. The second kappa shape index (κ2) is 7.99. The number of hydrogen-bond donors (Lipinski definition) is 0. The molecule has 1 fully saturated rings. The van der Waals surface area contributed by atoms with Gasteiger partial charge in [-0.3, -0.25) is 0 Å². The van der Waals surface area contributed by atoms with Crippen molar-refractivity contribution >= 4 is 0 Å². The maximum absolute atomic E-state index is 5.99. The number of hydrogen-bond acceptors (Lipinski definition) is 5. The third kappa shape index (κ3) is 3.78.